The molecule has 9 atom stereocenters. The average molecular weight is 900 g/mol. The lowest BCUT2D eigenvalue weighted by Gasteiger charge is -2.40. The summed E-state index contributed by atoms with van der Waals surface area (Å²) < 4.78 is 11.1. The van der Waals surface area contributed by atoms with E-state index in [0.29, 0.717) is 12.8 Å². The highest BCUT2D eigenvalue weighted by molar-refractivity contribution is 5.80. The molecule has 8 N–H and O–H groups in total. The van der Waals surface area contributed by atoms with Gasteiger partial charge in [0.2, 0.25) is 5.91 Å². The molecule has 1 amide bonds. The van der Waals surface area contributed by atoms with Gasteiger partial charge in [0.25, 0.3) is 0 Å². The van der Waals surface area contributed by atoms with Gasteiger partial charge in [-0.2, -0.15) is 0 Å². The zero-order valence-electron chi connectivity index (χ0n) is 40.6. The second kappa shape index (κ2) is 42.2. The molecule has 11 nitrogen and oxygen atoms in total. The van der Waals surface area contributed by atoms with E-state index < -0.39 is 74.2 Å². The van der Waals surface area contributed by atoms with Gasteiger partial charge in [-0.05, 0) is 38.5 Å². The number of nitrogens with one attached hydrogen (secondary N) is 1. The maximum Gasteiger partial charge on any atom is 0.249 e. The van der Waals surface area contributed by atoms with Gasteiger partial charge in [-0.1, -0.05) is 219 Å². The molecule has 63 heavy (non-hydrogen) atoms. The summed E-state index contributed by atoms with van der Waals surface area (Å²) in [5.74, 6) is -0.702. The molecule has 1 fully saturated rings. The highest BCUT2D eigenvalue weighted by Gasteiger charge is 2.44. The van der Waals surface area contributed by atoms with Crippen LogP contribution in [0, 0.1) is 0 Å². The van der Waals surface area contributed by atoms with E-state index in [2.05, 4.69) is 31.3 Å². The molecule has 1 rings (SSSR count). The van der Waals surface area contributed by atoms with Gasteiger partial charge in [0.15, 0.2) is 6.29 Å². The van der Waals surface area contributed by atoms with Crippen molar-refractivity contribution < 1.29 is 50.0 Å². The van der Waals surface area contributed by atoms with Gasteiger partial charge in [-0.15, -0.1) is 0 Å². The van der Waals surface area contributed by atoms with E-state index in [1.165, 1.54) is 167 Å². The highest BCUT2D eigenvalue weighted by Crippen LogP contribution is 2.23. The van der Waals surface area contributed by atoms with E-state index in [4.69, 9.17) is 9.47 Å². The fraction of sp³-hybridized carbons (Fsp3) is 0.942. The van der Waals surface area contributed by atoms with Crippen LogP contribution < -0.4 is 5.32 Å². The number of ether oxygens (including phenoxy) is 2. The quantitative estimate of drug-likeness (QED) is 0.0216. The normalized spacial score (nSPS) is 21.2. The Kier molecular flexibility index (Phi) is 40.1. The van der Waals surface area contributed by atoms with Gasteiger partial charge >= 0.3 is 0 Å². The van der Waals surface area contributed by atoms with Crippen molar-refractivity contribution in [3.05, 3.63) is 12.2 Å². The molecule has 0 aromatic carbocycles. The molecular weight excluding hydrogens is 799 g/mol. The first kappa shape index (κ1) is 59.9. The minimum atomic E-state index is -1.66. The number of rotatable bonds is 45. The fourth-order valence-corrected chi connectivity index (χ4v) is 8.68. The second-order valence-corrected chi connectivity index (χ2v) is 19.0. The molecule has 0 radical (unpaired) electrons. The van der Waals surface area contributed by atoms with Crippen LogP contribution in [-0.4, -0.2) is 110 Å². The van der Waals surface area contributed by atoms with Crippen molar-refractivity contribution in [3.8, 4) is 0 Å². The van der Waals surface area contributed by atoms with Crippen LogP contribution >= 0.6 is 0 Å². The van der Waals surface area contributed by atoms with Crippen LogP contribution in [0.4, 0.5) is 0 Å². The Labute approximate surface area is 385 Å². The second-order valence-electron chi connectivity index (χ2n) is 19.0. The maximum absolute atomic E-state index is 13.1. The van der Waals surface area contributed by atoms with E-state index in [1.807, 2.05) is 0 Å². The summed E-state index contributed by atoms with van der Waals surface area (Å²) in [4.78, 5) is 13.1. The fourth-order valence-electron chi connectivity index (χ4n) is 8.68. The number of aliphatic hydroxyl groups excluding tert-OH is 7. The molecule has 0 bridgehead atoms. The number of hydrogen-bond donors (Lipinski definition) is 8. The Morgan fingerprint density at radius 2 is 0.937 bits per heavy atom. The van der Waals surface area contributed by atoms with Gasteiger partial charge in [0.1, 0.15) is 36.6 Å². The van der Waals surface area contributed by atoms with E-state index in [1.54, 1.807) is 0 Å². The average Bonchev–Trinajstić information content (AvgIpc) is 3.28. The third-order valence-electron chi connectivity index (χ3n) is 13.1. The van der Waals surface area contributed by atoms with Gasteiger partial charge in [0.05, 0.1) is 25.4 Å². The molecule has 1 heterocycles. The summed E-state index contributed by atoms with van der Waals surface area (Å²) >= 11 is 0. The Morgan fingerprint density at radius 1 is 0.540 bits per heavy atom. The van der Waals surface area contributed by atoms with E-state index in [9.17, 15) is 40.5 Å². The smallest absolute Gasteiger partial charge is 0.249 e. The summed E-state index contributed by atoms with van der Waals surface area (Å²) in [6.07, 6.45) is 35.5. The Morgan fingerprint density at radius 3 is 1.37 bits per heavy atom. The molecule has 0 aliphatic carbocycles. The van der Waals surface area contributed by atoms with E-state index >= 15 is 0 Å². The molecule has 0 aromatic rings. The Balaban J connectivity index is 2.36. The molecule has 11 heteroatoms. The number of unbranched alkanes of at least 4 members (excludes halogenated alkanes) is 31. The van der Waals surface area contributed by atoms with Crippen LogP contribution in [0.5, 0.6) is 0 Å². The summed E-state index contributed by atoms with van der Waals surface area (Å²) in [6.45, 7) is 3.45. The van der Waals surface area contributed by atoms with Crippen LogP contribution in [0.2, 0.25) is 0 Å². The van der Waals surface area contributed by atoms with Gasteiger partial charge < -0.3 is 50.5 Å². The third-order valence-corrected chi connectivity index (χ3v) is 13.1. The molecule has 1 aliphatic rings. The van der Waals surface area contributed by atoms with Crippen LogP contribution in [0.3, 0.4) is 0 Å². The number of carbonyl (C=O) groups is 1. The zero-order chi connectivity index (χ0) is 46.2. The Hall–Kier alpha value is -1.15. The van der Waals surface area contributed by atoms with Crippen molar-refractivity contribution in [2.24, 2.45) is 0 Å². The first-order valence-corrected chi connectivity index (χ1v) is 26.6. The molecule has 1 aliphatic heterocycles. The number of aliphatic hydroxyl groups is 7. The minimum absolute atomic E-state index is 0.259. The van der Waals surface area contributed by atoms with Crippen molar-refractivity contribution in [1.29, 1.82) is 0 Å². The minimum Gasteiger partial charge on any atom is -0.394 e. The molecule has 0 saturated carbocycles. The Bertz CT molecular complexity index is 1030. The first-order valence-electron chi connectivity index (χ1n) is 26.6. The lowest BCUT2D eigenvalue weighted by Crippen LogP contribution is -2.60. The topological polar surface area (TPSA) is 189 Å². The van der Waals surface area contributed by atoms with Gasteiger partial charge in [0, 0.05) is 0 Å². The number of hydrogen-bond acceptors (Lipinski definition) is 10. The maximum atomic E-state index is 13.1. The summed E-state index contributed by atoms with van der Waals surface area (Å²) in [6, 6.07) is -1.18. The standard InChI is InChI=1S/C52H101NO10/c1-3-5-7-9-11-13-15-17-19-20-21-22-23-24-26-28-30-32-34-36-38-40-45(56)51(61)53-43(42-62-52-50(60)49(59)48(58)46(41-54)63-52)47(57)44(55)39-37-35-33-31-29-27-25-18-16-14-12-10-8-6-4-2/h31,33,43-50,52,54-60H,3-30,32,34-42H2,1-2H3,(H,53,61)/b33-31+. The van der Waals surface area contributed by atoms with Crippen molar-refractivity contribution >= 4 is 5.91 Å². The predicted molar refractivity (Wildman–Crippen MR) is 256 cm³/mol. The van der Waals surface area contributed by atoms with Gasteiger partial charge in [-0.25, -0.2) is 0 Å². The molecule has 0 aromatic heterocycles. The molecule has 374 valence electrons. The molecular formula is C52H101NO10. The number of allylic oxidation sites excluding steroid dienone is 2. The first-order chi connectivity index (χ1) is 30.7. The summed E-state index contributed by atoms with van der Waals surface area (Å²) in [7, 11) is 0. The van der Waals surface area contributed by atoms with E-state index in [0.717, 1.165) is 38.5 Å². The van der Waals surface area contributed by atoms with E-state index in [-0.39, 0.29) is 12.8 Å². The summed E-state index contributed by atoms with van der Waals surface area (Å²) in [5.41, 5.74) is 0. The zero-order valence-corrected chi connectivity index (χ0v) is 40.6. The SMILES string of the molecule is CCCCCCCCCCCC/C=C/CCCC(O)C(O)C(COC1OC(CO)C(O)C(O)C1O)NC(=O)C(O)CCCCCCCCCCCCCCCCCCCCCCC. The number of amides is 1. The van der Waals surface area contributed by atoms with Crippen molar-refractivity contribution in [2.45, 2.75) is 300 Å². The van der Waals surface area contributed by atoms with Crippen LogP contribution in [0.1, 0.15) is 245 Å². The van der Waals surface area contributed by atoms with Crippen LogP contribution in [0.25, 0.3) is 0 Å². The molecule has 0 spiro atoms. The van der Waals surface area contributed by atoms with Gasteiger partial charge in [-0.3, -0.25) is 4.79 Å². The van der Waals surface area contributed by atoms with Crippen LogP contribution in [-0.2, 0) is 14.3 Å². The lowest BCUT2D eigenvalue weighted by atomic mass is 9.98. The van der Waals surface area contributed by atoms with Crippen molar-refractivity contribution in [2.75, 3.05) is 13.2 Å². The highest BCUT2D eigenvalue weighted by atomic mass is 16.7. The largest absolute Gasteiger partial charge is 0.394 e. The van der Waals surface area contributed by atoms with Crippen molar-refractivity contribution in [3.63, 3.8) is 0 Å². The molecule has 9 unspecified atom stereocenters. The number of carbonyl (C=O) groups excluding carboxylic acids is 1. The summed E-state index contributed by atoms with van der Waals surface area (Å²) in [5, 5.41) is 75.9. The molecule has 1 saturated heterocycles. The lowest BCUT2D eigenvalue weighted by molar-refractivity contribution is -0.303. The third kappa shape index (κ3) is 31.5. The van der Waals surface area contributed by atoms with Crippen LogP contribution in [0.15, 0.2) is 12.2 Å². The predicted octanol–water partition coefficient (Wildman–Crippen LogP) is 10.0. The van der Waals surface area contributed by atoms with Crippen molar-refractivity contribution in [1.82, 2.24) is 5.32 Å². The monoisotopic (exact) mass is 900 g/mol.